The number of hydrogen-bond donors (Lipinski definition) is 4. The first-order valence-electron chi connectivity index (χ1n) is 8.02. The van der Waals surface area contributed by atoms with Gasteiger partial charge in [0.2, 0.25) is 0 Å². The summed E-state index contributed by atoms with van der Waals surface area (Å²) in [5.74, 6) is 0. The topological polar surface area (TPSA) is 125 Å². The molecule has 0 aliphatic carbocycles. The minimum Gasteiger partial charge on any atom is -0.380 e. The summed E-state index contributed by atoms with van der Waals surface area (Å²) < 4.78 is 30.0. The summed E-state index contributed by atoms with van der Waals surface area (Å²) in [5.41, 5.74) is 2.90. The summed E-state index contributed by atoms with van der Waals surface area (Å²) in [6.07, 6.45) is 5.07. The molecule has 1 unspecified atom stereocenters. The lowest BCUT2D eigenvalue weighted by Crippen LogP contribution is -2.03. The predicted molar refractivity (Wildman–Crippen MR) is 106 cm³/mol. The maximum absolute atomic E-state index is 11.3. The zero-order chi connectivity index (χ0) is 20.5. The van der Waals surface area contributed by atoms with Gasteiger partial charge in [0.05, 0.1) is 17.3 Å². The van der Waals surface area contributed by atoms with E-state index in [1.165, 1.54) is 0 Å². The minimum absolute atomic E-state index is 0.295. The number of allylic oxidation sites excluding steroid dienone is 2. The van der Waals surface area contributed by atoms with Crippen LogP contribution in [0.1, 0.15) is 26.7 Å². The van der Waals surface area contributed by atoms with Gasteiger partial charge in [-0.25, -0.2) is 9.13 Å². The van der Waals surface area contributed by atoms with E-state index in [1.807, 2.05) is 38.1 Å². The normalized spacial score (nSPS) is 15.5. The summed E-state index contributed by atoms with van der Waals surface area (Å²) in [5, 5.41) is 3.91. The lowest BCUT2D eigenvalue weighted by molar-refractivity contribution is 0.191. The first-order valence-corrected chi connectivity index (χ1v) is 11.4. The second-order valence-corrected chi connectivity index (χ2v) is 9.05. The van der Waals surface area contributed by atoms with Crippen LogP contribution in [0.5, 0.6) is 0 Å². The van der Waals surface area contributed by atoms with Crippen molar-refractivity contribution in [2.75, 3.05) is 18.5 Å². The van der Waals surface area contributed by atoms with Gasteiger partial charge in [0.15, 0.2) is 0 Å². The van der Waals surface area contributed by atoms with Crippen LogP contribution in [0.15, 0.2) is 47.6 Å². The zero-order valence-electron chi connectivity index (χ0n) is 15.0. The molecule has 152 valence electrons. The van der Waals surface area contributed by atoms with Crippen LogP contribution in [-0.4, -0.2) is 27.8 Å². The molecule has 0 aliphatic heterocycles. The van der Waals surface area contributed by atoms with E-state index in [4.69, 9.17) is 26.3 Å². The van der Waals surface area contributed by atoms with Gasteiger partial charge in [0, 0.05) is 6.54 Å². The summed E-state index contributed by atoms with van der Waals surface area (Å²) >= 11 is 6.08. The van der Waals surface area contributed by atoms with Gasteiger partial charge in [-0.15, -0.1) is 0 Å². The van der Waals surface area contributed by atoms with E-state index in [0.29, 0.717) is 18.0 Å². The third kappa shape index (κ3) is 11.5. The van der Waals surface area contributed by atoms with E-state index in [-0.39, 0.29) is 6.61 Å². The van der Waals surface area contributed by atoms with Crippen molar-refractivity contribution in [3.8, 4) is 0 Å². The number of anilines is 1. The van der Waals surface area contributed by atoms with E-state index in [2.05, 4.69) is 20.2 Å². The molecule has 8 nitrogen and oxygen atoms in total. The maximum atomic E-state index is 11.3. The fraction of sp³-hybridized carbons (Fsp3) is 0.375. The Morgan fingerprint density at radius 2 is 1.81 bits per heavy atom. The quantitative estimate of drug-likeness (QED) is 0.290. The highest BCUT2D eigenvalue weighted by atomic mass is 35.5. The molecule has 0 fully saturated rings. The number of phosphoric acid groups is 2. The zero-order valence-corrected chi connectivity index (χ0v) is 17.6. The highest BCUT2D eigenvalue weighted by Gasteiger charge is 2.31. The SMILES string of the molecule is C/C(=C\COP(=O)(O)OP(=O)(O)O)CC/C=C(\C)CNc1ccccc1Cl. The molecule has 0 saturated heterocycles. The van der Waals surface area contributed by atoms with Crippen molar-refractivity contribution in [3.05, 3.63) is 52.6 Å². The molecule has 0 spiro atoms. The molecule has 27 heavy (non-hydrogen) atoms. The van der Waals surface area contributed by atoms with Gasteiger partial charge in [-0.1, -0.05) is 47.0 Å². The second-order valence-electron chi connectivity index (χ2n) is 5.81. The minimum atomic E-state index is -5.09. The summed E-state index contributed by atoms with van der Waals surface area (Å²) in [6, 6.07) is 7.48. The van der Waals surface area contributed by atoms with E-state index >= 15 is 0 Å². The van der Waals surface area contributed by atoms with Crippen molar-refractivity contribution in [2.24, 2.45) is 0 Å². The van der Waals surface area contributed by atoms with Gasteiger partial charge < -0.3 is 20.0 Å². The molecule has 4 N–H and O–H groups in total. The Morgan fingerprint density at radius 1 is 1.15 bits per heavy atom. The molecule has 0 bridgehead atoms. The standard InChI is InChI=1S/C16H24ClNO7P2/c1-13(10-11-24-27(22,23)25-26(19,20)21)6-5-7-14(2)12-18-16-9-4-3-8-15(16)17/h3-4,7-10,18H,5-6,11-12H2,1-2H3,(H,22,23)(H2,19,20,21)/b13-10+,14-7+. The molecule has 0 saturated carbocycles. The Morgan fingerprint density at radius 3 is 2.44 bits per heavy atom. The van der Waals surface area contributed by atoms with Crippen LogP contribution in [0.4, 0.5) is 5.69 Å². The van der Waals surface area contributed by atoms with Crippen molar-refractivity contribution >= 4 is 32.9 Å². The molecular weight excluding hydrogens is 416 g/mol. The Hall–Kier alpha value is -0.950. The molecule has 1 aromatic carbocycles. The van der Waals surface area contributed by atoms with Gasteiger partial charge in [-0.3, -0.25) is 4.52 Å². The molecule has 0 heterocycles. The van der Waals surface area contributed by atoms with Crippen LogP contribution in [0.3, 0.4) is 0 Å². The number of halogens is 1. The highest BCUT2D eigenvalue weighted by molar-refractivity contribution is 7.60. The number of hydrogen-bond acceptors (Lipinski definition) is 5. The average molecular weight is 440 g/mol. The van der Waals surface area contributed by atoms with Gasteiger partial charge in [-0.05, 0) is 38.8 Å². The van der Waals surface area contributed by atoms with E-state index in [0.717, 1.165) is 23.3 Å². The Balaban J connectivity index is 2.36. The summed E-state index contributed by atoms with van der Waals surface area (Å²) in [6.45, 7) is 4.17. The fourth-order valence-corrected chi connectivity index (χ4v) is 3.72. The van der Waals surface area contributed by atoms with Crippen molar-refractivity contribution in [2.45, 2.75) is 26.7 Å². The number of rotatable bonds is 11. The highest BCUT2D eigenvalue weighted by Crippen LogP contribution is 2.57. The Bertz CT molecular complexity index is 776. The molecule has 0 aromatic heterocycles. The van der Waals surface area contributed by atoms with Crippen LogP contribution >= 0.6 is 27.2 Å². The van der Waals surface area contributed by atoms with Gasteiger partial charge >= 0.3 is 15.6 Å². The Kier molecular flexibility index (Phi) is 9.95. The van der Waals surface area contributed by atoms with Gasteiger partial charge in [0.1, 0.15) is 0 Å². The molecular formula is C16H24ClNO7P2. The van der Waals surface area contributed by atoms with Crippen molar-refractivity contribution < 1.29 is 32.6 Å². The largest absolute Gasteiger partial charge is 0.481 e. The smallest absolute Gasteiger partial charge is 0.380 e. The third-order valence-electron chi connectivity index (χ3n) is 3.34. The average Bonchev–Trinajstić information content (AvgIpc) is 2.51. The fourth-order valence-electron chi connectivity index (χ4n) is 1.99. The first kappa shape index (κ1) is 24.1. The van der Waals surface area contributed by atoms with Gasteiger partial charge in [-0.2, -0.15) is 4.31 Å². The predicted octanol–water partition coefficient (Wildman–Crippen LogP) is 4.65. The lowest BCUT2D eigenvalue weighted by Gasteiger charge is -2.11. The van der Waals surface area contributed by atoms with Gasteiger partial charge in [0.25, 0.3) is 0 Å². The first-order chi connectivity index (χ1) is 12.5. The van der Waals surface area contributed by atoms with E-state index in [1.54, 1.807) is 6.08 Å². The van der Waals surface area contributed by atoms with Crippen LogP contribution in [0.2, 0.25) is 5.02 Å². The Labute approximate surface area is 163 Å². The number of benzene rings is 1. The summed E-state index contributed by atoms with van der Waals surface area (Å²) in [4.78, 5) is 26.2. The molecule has 11 heteroatoms. The lowest BCUT2D eigenvalue weighted by atomic mass is 10.1. The van der Waals surface area contributed by atoms with Crippen LogP contribution in [0.25, 0.3) is 0 Å². The van der Waals surface area contributed by atoms with E-state index < -0.39 is 15.6 Å². The molecule has 1 rings (SSSR count). The monoisotopic (exact) mass is 439 g/mol. The van der Waals surface area contributed by atoms with E-state index in [9.17, 15) is 9.13 Å². The molecule has 0 amide bonds. The summed E-state index contributed by atoms with van der Waals surface area (Å²) in [7, 11) is -9.89. The van der Waals surface area contributed by atoms with Crippen molar-refractivity contribution in [1.82, 2.24) is 0 Å². The van der Waals surface area contributed by atoms with Crippen molar-refractivity contribution in [3.63, 3.8) is 0 Å². The maximum Gasteiger partial charge on any atom is 0.481 e. The number of para-hydroxylation sites is 1. The van der Waals surface area contributed by atoms with Crippen molar-refractivity contribution in [1.29, 1.82) is 0 Å². The second kappa shape index (κ2) is 11.1. The molecule has 0 radical (unpaired) electrons. The molecule has 1 atom stereocenters. The molecule has 1 aromatic rings. The van der Waals surface area contributed by atoms with Crippen LogP contribution in [-0.2, 0) is 18.0 Å². The third-order valence-corrected chi connectivity index (χ3v) is 5.82. The van der Waals surface area contributed by atoms with Crippen LogP contribution in [0, 0.1) is 0 Å². The van der Waals surface area contributed by atoms with Crippen LogP contribution < -0.4 is 5.32 Å². The molecule has 0 aliphatic rings. The number of nitrogens with one attached hydrogen (secondary N) is 1. The number of phosphoric ester groups is 1.